The number of hydrogen-bond acceptors (Lipinski definition) is 3. The summed E-state index contributed by atoms with van der Waals surface area (Å²) in [7, 11) is 0. The van der Waals surface area contributed by atoms with Crippen LogP contribution >= 0.6 is 0 Å². The number of hydrogen-bond donors (Lipinski definition) is 2. The SMILES string of the molecule is NC(c1cccc2c1NCC2)C1CCN(CCc2ccc(F)cc2)CC1. The van der Waals surface area contributed by atoms with E-state index in [0.29, 0.717) is 5.92 Å². The summed E-state index contributed by atoms with van der Waals surface area (Å²) in [6.45, 7) is 4.26. The highest BCUT2D eigenvalue weighted by Crippen LogP contribution is 2.36. The molecule has 4 rings (SSSR count). The molecule has 1 unspecified atom stereocenters. The van der Waals surface area contributed by atoms with Crippen molar-refractivity contribution in [2.45, 2.75) is 31.7 Å². The molecule has 4 heteroatoms. The number of piperidine rings is 1. The van der Waals surface area contributed by atoms with E-state index in [9.17, 15) is 4.39 Å². The Morgan fingerprint density at radius 2 is 1.88 bits per heavy atom. The van der Waals surface area contributed by atoms with Gasteiger partial charge in [0.2, 0.25) is 0 Å². The minimum Gasteiger partial charge on any atom is -0.384 e. The molecule has 0 amide bonds. The molecule has 0 aliphatic carbocycles. The fraction of sp³-hybridized carbons (Fsp3) is 0.455. The first-order valence-corrected chi connectivity index (χ1v) is 9.79. The molecule has 0 radical (unpaired) electrons. The molecule has 26 heavy (non-hydrogen) atoms. The molecule has 1 atom stereocenters. The second-order valence-corrected chi connectivity index (χ2v) is 7.64. The van der Waals surface area contributed by atoms with Gasteiger partial charge in [0.05, 0.1) is 0 Å². The molecule has 2 aliphatic heterocycles. The number of fused-ring (bicyclic) bond motifs is 1. The highest BCUT2D eigenvalue weighted by molar-refractivity contribution is 5.62. The monoisotopic (exact) mass is 353 g/mol. The van der Waals surface area contributed by atoms with Crippen LogP contribution in [0.5, 0.6) is 0 Å². The van der Waals surface area contributed by atoms with Crippen LogP contribution < -0.4 is 11.1 Å². The molecule has 138 valence electrons. The number of benzene rings is 2. The highest BCUT2D eigenvalue weighted by Gasteiger charge is 2.28. The lowest BCUT2D eigenvalue weighted by atomic mass is 9.84. The van der Waals surface area contributed by atoms with Crippen molar-refractivity contribution >= 4 is 5.69 Å². The smallest absolute Gasteiger partial charge is 0.123 e. The first-order chi connectivity index (χ1) is 12.7. The average Bonchev–Trinajstić information content (AvgIpc) is 3.16. The molecule has 1 fully saturated rings. The van der Waals surface area contributed by atoms with Crippen molar-refractivity contribution in [3.05, 3.63) is 65.0 Å². The van der Waals surface area contributed by atoms with E-state index in [1.54, 1.807) is 12.1 Å². The zero-order valence-electron chi connectivity index (χ0n) is 15.3. The van der Waals surface area contributed by atoms with Gasteiger partial charge in [-0.3, -0.25) is 0 Å². The number of para-hydroxylation sites is 1. The third-order valence-corrected chi connectivity index (χ3v) is 6.01. The predicted octanol–water partition coefficient (Wildman–Crippen LogP) is 3.75. The summed E-state index contributed by atoms with van der Waals surface area (Å²) in [6, 6.07) is 13.6. The Hall–Kier alpha value is -1.91. The molecule has 1 saturated heterocycles. The van der Waals surface area contributed by atoms with E-state index in [0.717, 1.165) is 51.9 Å². The van der Waals surface area contributed by atoms with E-state index in [-0.39, 0.29) is 11.9 Å². The lowest BCUT2D eigenvalue weighted by Crippen LogP contribution is -2.38. The fourth-order valence-electron chi connectivity index (χ4n) is 4.37. The molecule has 0 aromatic heterocycles. The zero-order valence-corrected chi connectivity index (χ0v) is 15.3. The first-order valence-electron chi connectivity index (χ1n) is 9.79. The van der Waals surface area contributed by atoms with E-state index >= 15 is 0 Å². The standard InChI is InChI=1S/C22H28FN3/c23-19-6-4-16(5-7-19)9-13-26-14-10-17(11-15-26)21(24)20-3-1-2-18-8-12-25-22(18)20/h1-7,17,21,25H,8-15,24H2. The quantitative estimate of drug-likeness (QED) is 0.860. The van der Waals surface area contributed by atoms with Crippen LogP contribution in [-0.2, 0) is 12.8 Å². The van der Waals surface area contributed by atoms with E-state index in [1.807, 2.05) is 12.1 Å². The van der Waals surface area contributed by atoms with Gasteiger partial charge in [0.15, 0.2) is 0 Å². The lowest BCUT2D eigenvalue weighted by Gasteiger charge is -2.35. The van der Waals surface area contributed by atoms with Gasteiger partial charge in [-0.1, -0.05) is 30.3 Å². The van der Waals surface area contributed by atoms with E-state index in [2.05, 4.69) is 28.4 Å². The van der Waals surface area contributed by atoms with Crippen molar-refractivity contribution in [3.63, 3.8) is 0 Å². The highest BCUT2D eigenvalue weighted by atomic mass is 19.1. The molecule has 0 bridgehead atoms. The Morgan fingerprint density at radius 3 is 2.65 bits per heavy atom. The minimum absolute atomic E-state index is 0.120. The maximum absolute atomic E-state index is 13.0. The maximum Gasteiger partial charge on any atom is 0.123 e. The van der Waals surface area contributed by atoms with Gasteiger partial charge in [-0.25, -0.2) is 4.39 Å². The molecule has 3 nitrogen and oxygen atoms in total. The minimum atomic E-state index is -0.162. The van der Waals surface area contributed by atoms with Crippen molar-refractivity contribution < 1.29 is 4.39 Å². The third-order valence-electron chi connectivity index (χ3n) is 6.01. The molecule has 2 aliphatic rings. The summed E-state index contributed by atoms with van der Waals surface area (Å²) in [5.41, 5.74) is 11.9. The summed E-state index contributed by atoms with van der Waals surface area (Å²) < 4.78 is 13.0. The van der Waals surface area contributed by atoms with E-state index in [1.165, 1.54) is 22.4 Å². The van der Waals surface area contributed by atoms with Crippen LogP contribution in [0.4, 0.5) is 10.1 Å². The van der Waals surface area contributed by atoms with Gasteiger partial charge < -0.3 is 16.0 Å². The third kappa shape index (κ3) is 3.76. The number of rotatable bonds is 5. The van der Waals surface area contributed by atoms with E-state index < -0.39 is 0 Å². The summed E-state index contributed by atoms with van der Waals surface area (Å²) >= 11 is 0. The average molecular weight is 353 g/mol. The first kappa shape index (κ1) is 17.5. The number of nitrogens with two attached hydrogens (primary N) is 1. The number of nitrogens with zero attached hydrogens (tertiary/aromatic N) is 1. The van der Waals surface area contributed by atoms with Gasteiger partial charge in [0.25, 0.3) is 0 Å². The Bertz CT molecular complexity index is 736. The van der Waals surface area contributed by atoms with Crippen LogP contribution in [-0.4, -0.2) is 31.1 Å². The summed E-state index contributed by atoms with van der Waals surface area (Å²) in [4.78, 5) is 2.51. The number of anilines is 1. The molecule has 0 saturated carbocycles. The summed E-state index contributed by atoms with van der Waals surface area (Å²) in [5, 5.41) is 3.52. The van der Waals surface area contributed by atoms with Gasteiger partial charge in [-0.2, -0.15) is 0 Å². The zero-order chi connectivity index (χ0) is 17.9. The van der Waals surface area contributed by atoms with Crippen LogP contribution in [0, 0.1) is 11.7 Å². The second-order valence-electron chi connectivity index (χ2n) is 7.64. The fourth-order valence-corrected chi connectivity index (χ4v) is 4.37. The van der Waals surface area contributed by atoms with Crippen molar-refractivity contribution in [1.82, 2.24) is 4.90 Å². The van der Waals surface area contributed by atoms with Gasteiger partial charge in [0.1, 0.15) is 5.82 Å². The van der Waals surface area contributed by atoms with Crippen molar-refractivity contribution in [2.24, 2.45) is 11.7 Å². The van der Waals surface area contributed by atoms with Crippen molar-refractivity contribution in [1.29, 1.82) is 0 Å². The molecule has 2 aromatic carbocycles. The molecule has 2 heterocycles. The second kappa shape index (κ2) is 7.77. The van der Waals surface area contributed by atoms with Crippen molar-refractivity contribution in [2.75, 3.05) is 31.5 Å². The Morgan fingerprint density at radius 1 is 1.12 bits per heavy atom. The normalized spacial score (nSPS) is 19.2. The summed E-state index contributed by atoms with van der Waals surface area (Å²) in [6.07, 6.45) is 4.38. The van der Waals surface area contributed by atoms with Crippen molar-refractivity contribution in [3.8, 4) is 0 Å². The van der Waals surface area contributed by atoms with Gasteiger partial charge in [-0.05, 0) is 73.5 Å². The lowest BCUT2D eigenvalue weighted by molar-refractivity contribution is 0.170. The van der Waals surface area contributed by atoms with Gasteiger partial charge >= 0.3 is 0 Å². The van der Waals surface area contributed by atoms with Crippen LogP contribution in [0.15, 0.2) is 42.5 Å². The molecule has 0 spiro atoms. The molecule has 3 N–H and O–H groups in total. The van der Waals surface area contributed by atoms with Gasteiger partial charge in [-0.15, -0.1) is 0 Å². The van der Waals surface area contributed by atoms with E-state index in [4.69, 9.17) is 5.73 Å². The predicted molar refractivity (Wildman–Crippen MR) is 105 cm³/mol. The Labute approximate surface area is 155 Å². The largest absolute Gasteiger partial charge is 0.384 e. The molecular formula is C22H28FN3. The Kier molecular flexibility index (Phi) is 5.23. The summed E-state index contributed by atoms with van der Waals surface area (Å²) in [5.74, 6) is 0.386. The van der Waals surface area contributed by atoms with Crippen LogP contribution in [0.2, 0.25) is 0 Å². The number of nitrogens with one attached hydrogen (secondary N) is 1. The van der Waals surface area contributed by atoms with Crippen LogP contribution in [0.1, 0.15) is 35.6 Å². The number of likely N-dealkylation sites (tertiary alicyclic amines) is 1. The van der Waals surface area contributed by atoms with Crippen LogP contribution in [0.3, 0.4) is 0 Å². The molecular weight excluding hydrogens is 325 g/mol. The van der Waals surface area contributed by atoms with Gasteiger partial charge in [0, 0.05) is 24.8 Å². The van der Waals surface area contributed by atoms with Crippen LogP contribution in [0.25, 0.3) is 0 Å². The Balaban J connectivity index is 1.31. The molecule has 2 aromatic rings. The topological polar surface area (TPSA) is 41.3 Å². The maximum atomic E-state index is 13.0. The number of halogens is 1.